The molecule has 6 amide bonds. The van der Waals surface area contributed by atoms with E-state index in [2.05, 4.69) is 31.9 Å². The number of aliphatic hydroxyl groups excluding tert-OH is 28. The molecule has 0 spiro atoms. The normalized spacial score (nSPS) is 48.3. The van der Waals surface area contributed by atoms with Crippen molar-refractivity contribution < 1.29 is 271 Å². The van der Waals surface area contributed by atoms with Crippen LogP contribution in [0.1, 0.15) is 48.5 Å². The molecular weight excluding hydrogens is 1900 g/mol. The van der Waals surface area contributed by atoms with E-state index in [0.29, 0.717) is 0 Å². The lowest BCUT2D eigenvalue weighted by atomic mass is 9.93. The predicted molar refractivity (Wildman–Crippen MR) is 430 cm³/mol. The summed E-state index contributed by atoms with van der Waals surface area (Å²) in [6.45, 7) is -4.77. The number of ether oxygens (including phenoxy) is 21. The highest BCUT2D eigenvalue weighted by Crippen LogP contribution is 2.42. The van der Waals surface area contributed by atoms with Crippen molar-refractivity contribution in [1.82, 2.24) is 31.9 Å². The standard InChI is InChI=1S/C78H130N6O55/c1-18-41(99)53(111)56(114)74(121-18)119-17-34-64(49(107)35(68(118)122-34)79-19(2)93)134-72-39(83-23(6)97)52(110)62(31(14-91)128-72)136-76-59(117)65(46(104)33(131-76)16-120-77-66(55(113)45(103)28(11-88)126-77)138-70-37(81-21(4)95)48(106)43(101)26(9-86)124-70)137-78-67(139-73-40(84-24(7)98)50(108)60(29(12-89)129-73)132-69-36(80-20(3)94)47(105)42(100)25(8-85)123-69)58(116)63(32(15-92)130-78)133-71-38(82-22(5)96)51(109)61(30(13-90)127-71)135-75-57(115)54(112)44(102)27(10-87)125-75/h18,25-78,85-92,99-118H,8-17H2,1-7H3,(H,79,93)(H,80,94)(H,81,95)(H,82,96)(H,83,97)(H,84,98)/t18-,25+,26+,27+,28+,29+,30+,31+,32+,33+,34+,35+,36+,37+,38+,39+,40+,41+,42-,43+,44-,45+,46+,47+,48+,49+,50+,51+,52+,53+,54-,55-,56-,57+,58-,59-,60+,61+,62+,63+,64+,65-,66-,67-,68+,69-,70-,71-,72-,73-,74+,75-,76-,77-,78+/m0/s1. The molecule has 61 nitrogen and oxygen atoms in total. The van der Waals surface area contributed by atoms with Gasteiger partial charge in [-0.25, -0.2) is 0 Å². The molecule has 61 heteroatoms. The lowest BCUT2D eigenvalue weighted by molar-refractivity contribution is -0.406. The fourth-order valence-corrected chi connectivity index (χ4v) is 18.1. The maximum atomic E-state index is 13.5. The van der Waals surface area contributed by atoms with E-state index in [1.807, 2.05) is 0 Å². The summed E-state index contributed by atoms with van der Waals surface area (Å²) in [7, 11) is 0. The Bertz CT molecular complexity index is 3900. The average Bonchev–Trinajstić information content (AvgIpc) is 0.745. The molecule has 139 heavy (non-hydrogen) atoms. The summed E-state index contributed by atoms with van der Waals surface area (Å²) in [6, 6.07) is -11.7. The first-order valence-electron chi connectivity index (χ1n) is 44.5. The summed E-state index contributed by atoms with van der Waals surface area (Å²) in [5, 5.41) is 332. The third kappa shape index (κ3) is 25.8. The van der Waals surface area contributed by atoms with Crippen LogP contribution in [-0.4, -0.2) is 582 Å². The Morgan fingerprint density at radius 1 is 0.201 bits per heavy atom. The van der Waals surface area contributed by atoms with Gasteiger partial charge in [0.2, 0.25) is 35.4 Å². The van der Waals surface area contributed by atoms with Crippen molar-refractivity contribution in [2.24, 2.45) is 0 Å². The maximum absolute atomic E-state index is 13.5. The van der Waals surface area contributed by atoms with Gasteiger partial charge in [0, 0.05) is 41.5 Å². The molecule has 11 aliphatic rings. The van der Waals surface area contributed by atoms with Gasteiger partial charge in [-0.3, -0.25) is 28.8 Å². The van der Waals surface area contributed by atoms with Gasteiger partial charge in [0.15, 0.2) is 69.2 Å². The van der Waals surface area contributed by atoms with Crippen molar-refractivity contribution in [3.63, 3.8) is 0 Å². The van der Waals surface area contributed by atoms with Gasteiger partial charge in [0.1, 0.15) is 262 Å². The van der Waals surface area contributed by atoms with Gasteiger partial charge in [-0.15, -0.1) is 0 Å². The molecular formula is C78H130N6O55. The molecule has 0 aliphatic carbocycles. The Labute approximate surface area is 788 Å². The zero-order valence-corrected chi connectivity index (χ0v) is 75.4. The summed E-state index contributed by atoms with van der Waals surface area (Å²) < 4.78 is 127. The van der Waals surface area contributed by atoms with Gasteiger partial charge >= 0.3 is 0 Å². The summed E-state index contributed by atoms with van der Waals surface area (Å²) in [6.07, 6.45) is -105. The molecule has 0 aromatic carbocycles. The second-order valence-corrected chi connectivity index (χ2v) is 35.3. The first-order valence-corrected chi connectivity index (χ1v) is 44.5. The molecule has 0 aromatic heterocycles. The third-order valence-electron chi connectivity index (χ3n) is 25.3. The number of carbonyl (C=O) groups is 6. The molecule has 55 atom stereocenters. The van der Waals surface area contributed by atoms with Gasteiger partial charge in [0.05, 0.1) is 72.2 Å². The van der Waals surface area contributed by atoms with E-state index >= 15 is 0 Å². The molecule has 11 aliphatic heterocycles. The highest BCUT2D eigenvalue weighted by Gasteiger charge is 2.63. The van der Waals surface area contributed by atoms with Gasteiger partial charge in [0.25, 0.3) is 0 Å². The monoisotopic (exact) mass is 2030 g/mol. The number of hydrogen-bond donors (Lipinski definition) is 34. The quantitative estimate of drug-likeness (QED) is 0.0277. The SMILES string of the molecule is CC(=O)N[C@@H]1[C@@H](O)[C@H](O[C@@H]2O[C@H](CO)[C@@H](O[C@@H]3O[C@H](CO[C@H]4O[C@H](CO)[C@@H](O)[C@H](O)[C@@H]4O[C@@H]4O[C@H](CO)[C@@H](O)[C@H](O)[C@H]4NC(C)=O)[C@@H](O)[C@H](O[C@H]4O[C@H](CO)[C@@H](O[C@@H]5O[C@H](CO)[C@@H](O[C@@H]6O[C@H](CO)[C@H](O)[C@H](O)[C@H]6O)[C@H](O)[C@H]5NC(C)=O)[C@H](O)[C@@H]4O[C@@H]4O[C@H](CO)[C@@H](O[C@@H]5O[C@H](CO)[C@H](O)[C@H](O)[C@H]5NC(C)=O)[C@H](O)[C@H]4NC(C)=O)[C@@H]3O)[C@H](O)[C@H]2NC(C)=O)[C@@H](CO[C@@H]2O[C@@H](C)[C@@H](O)[C@@H](O)[C@@H]2O)O[C@H]1O. The van der Waals surface area contributed by atoms with Crippen molar-refractivity contribution in [3.8, 4) is 0 Å². The summed E-state index contributed by atoms with van der Waals surface area (Å²) in [5.41, 5.74) is 0. The predicted octanol–water partition coefficient (Wildman–Crippen LogP) is -23.1. The van der Waals surface area contributed by atoms with Crippen LogP contribution in [0, 0.1) is 0 Å². The molecule has 802 valence electrons. The van der Waals surface area contributed by atoms with Crippen LogP contribution in [0.3, 0.4) is 0 Å². The van der Waals surface area contributed by atoms with E-state index in [1.54, 1.807) is 0 Å². The van der Waals surface area contributed by atoms with E-state index in [1.165, 1.54) is 6.92 Å². The Hall–Kier alpha value is -5.14. The number of amides is 6. The molecule has 11 heterocycles. The molecule has 11 saturated heterocycles. The van der Waals surface area contributed by atoms with Crippen LogP contribution in [-0.2, 0) is 128 Å². The molecule has 0 unspecified atom stereocenters. The topological polar surface area (TPSA) is 935 Å². The highest BCUT2D eigenvalue weighted by molar-refractivity contribution is 5.75. The van der Waals surface area contributed by atoms with Crippen LogP contribution < -0.4 is 31.9 Å². The lowest BCUT2D eigenvalue weighted by Crippen LogP contribution is -2.72. The van der Waals surface area contributed by atoms with E-state index in [0.717, 1.165) is 41.5 Å². The van der Waals surface area contributed by atoms with Gasteiger partial charge in [-0.05, 0) is 6.92 Å². The first-order chi connectivity index (χ1) is 65.7. The molecule has 0 bridgehead atoms. The van der Waals surface area contributed by atoms with Crippen molar-refractivity contribution in [2.75, 3.05) is 66.1 Å². The van der Waals surface area contributed by atoms with Crippen LogP contribution >= 0.6 is 0 Å². The van der Waals surface area contributed by atoms with Crippen molar-refractivity contribution in [2.45, 2.75) is 386 Å². The lowest BCUT2D eigenvalue weighted by Gasteiger charge is -2.52. The summed E-state index contributed by atoms with van der Waals surface area (Å²) >= 11 is 0. The van der Waals surface area contributed by atoms with E-state index in [-0.39, 0.29) is 0 Å². The Morgan fingerprint density at radius 2 is 0.453 bits per heavy atom. The minimum atomic E-state index is -2.76. The fraction of sp³-hybridized carbons (Fsp3) is 0.923. The number of carbonyl (C=O) groups excluding carboxylic acids is 6. The third-order valence-corrected chi connectivity index (χ3v) is 25.3. The first kappa shape index (κ1) is 114. The molecule has 34 N–H and O–H groups in total. The Morgan fingerprint density at radius 3 is 0.842 bits per heavy atom. The summed E-state index contributed by atoms with van der Waals surface area (Å²) in [5.74, 6) is -5.76. The van der Waals surface area contributed by atoms with Crippen LogP contribution in [0.25, 0.3) is 0 Å². The van der Waals surface area contributed by atoms with Gasteiger partial charge in [-0.1, -0.05) is 0 Å². The Kier molecular flexibility index (Phi) is 41.1. The van der Waals surface area contributed by atoms with E-state index < -0.39 is 439 Å². The minimum Gasteiger partial charge on any atom is -0.394 e. The fourth-order valence-electron chi connectivity index (χ4n) is 18.1. The number of aliphatic hydroxyl groups is 28. The largest absolute Gasteiger partial charge is 0.394 e. The van der Waals surface area contributed by atoms with Crippen LogP contribution in [0.15, 0.2) is 0 Å². The summed E-state index contributed by atoms with van der Waals surface area (Å²) in [4.78, 5) is 78.0. The molecule has 0 saturated carbocycles. The molecule has 0 radical (unpaired) electrons. The number of nitrogens with one attached hydrogen (secondary N) is 6. The zero-order chi connectivity index (χ0) is 102. The van der Waals surface area contributed by atoms with Crippen LogP contribution in [0.5, 0.6) is 0 Å². The maximum Gasteiger partial charge on any atom is 0.217 e. The van der Waals surface area contributed by atoms with Crippen molar-refractivity contribution in [3.05, 3.63) is 0 Å². The molecule has 11 rings (SSSR count). The van der Waals surface area contributed by atoms with Gasteiger partial charge in [-0.2, -0.15) is 0 Å². The molecule has 11 fully saturated rings. The van der Waals surface area contributed by atoms with Gasteiger partial charge < -0.3 is 274 Å². The number of rotatable bonds is 36. The average molecular weight is 2030 g/mol. The van der Waals surface area contributed by atoms with Crippen molar-refractivity contribution in [1.29, 1.82) is 0 Å². The highest BCUT2D eigenvalue weighted by atomic mass is 16.8. The molecule has 0 aromatic rings. The van der Waals surface area contributed by atoms with Crippen LogP contribution in [0.2, 0.25) is 0 Å². The minimum absolute atomic E-state index is 0.873. The second kappa shape index (κ2) is 50.0. The van der Waals surface area contributed by atoms with E-state index in [9.17, 15) is 172 Å². The smallest absolute Gasteiger partial charge is 0.217 e. The van der Waals surface area contributed by atoms with Crippen molar-refractivity contribution >= 4 is 35.4 Å². The van der Waals surface area contributed by atoms with E-state index in [4.69, 9.17) is 99.5 Å². The number of hydrogen-bond acceptors (Lipinski definition) is 55. The zero-order valence-electron chi connectivity index (χ0n) is 75.4. The Balaban J connectivity index is 0.992. The van der Waals surface area contributed by atoms with Crippen LogP contribution in [0.4, 0.5) is 0 Å². The second-order valence-electron chi connectivity index (χ2n) is 35.3.